The van der Waals surface area contributed by atoms with Crippen LogP contribution in [0.2, 0.25) is 0 Å². The fraction of sp³-hybridized carbons (Fsp3) is 0.182. The van der Waals surface area contributed by atoms with E-state index in [1.807, 2.05) is 30.3 Å². The second-order valence-electron chi connectivity index (χ2n) is 2.83. The van der Waals surface area contributed by atoms with Crippen molar-refractivity contribution in [3.05, 3.63) is 48.6 Å². The van der Waals surface area contributed by atoms with Crippen LogP contribution in [-0.4, -0.2) is 11.1 Å². The molecule has 0 radical (unpaired) electrons. The summed E-state index contributed by atoms with van der Waals surface area (Å²) in [6, 6.07) is 9.20. The second-order valence-corrected chi connectivity index (χ2v) is 2.83. The largest absolute Gasteiger partial charge is 1.00 e. The van der Waals surface area contributed by atoms with Gasteiger partial charge in [-0.2, -0.15) is 0 Å². The Labute approximate surface area is 97.3 Å². The number of carboxylic acid groups (broad SMARTS) is 1. The molecule has 0 unspecified atom stereocenters. The molecule has 0 aliphatic carbocycles. The summed E-state index contributed by atoms with van der Waals surface area (Å²) in [6.45, 7) is 3.55. The third-order valence-electron chi connectivity index (χ3n) is 1.90. The van der Waals surface area contributed by atoms with Crippen LogP contribution in [0.1, 0.15) is 19.3 Å². The van der Waals surface area contributed by atoms with Gasteiger partial charge in [0.2, 0.25) is 0 Å². The zero-order valence-electron chi connectivity index (χ0n) is 9.31. The van der Waals surface area contributed by atoms with Crippen molar-refractivity contribution in [1.29, 1.82) is 0 Å². The molecule has 0 amide bonds. The van der Waals surface area contributed by atoms with Gasteiger partial charge in [0.15, 0.2) is 0 Å². The van der Waals surface area contributed by atoms with E-state index < -0.39 is 11.9 Å². The Bertz CT molecular complexity index is 301. The van der Waals surface area contributed by atoms with Gasteiger partial charge in [-0.05, 0) is 12.0 Å². The summed E-state index contributed by atoms with van der Waals surface area (Å²) in [6.07, 6.45) is 2.10. The molecule has 70 valence electrons. The predicted octanol–water partition coefficient (Wildman–Crippen LogP) is -0.453. The van der Waals surface area contributed by atoms with Crippen LogP contribution in [0.5, 0.6) is 0 Å². The minimum Gasteiger partial charge on any atom is -1.00 e. The van der Waals surface area contributed by atoms with Crippen molar-refractivity contribution in [2.45, 2.75) is 12.3 Å². The molecule has 0 aliphatic heterocycles. The molecule has 1 aromatic carbocycles. The number of carboxylic acids is 1. The maximum Gasteiger partial charge on any atom is 1.00 e. The van der Waals surface area contributed by atoms with E-state index in [2.05, 4.69) is 6.58 Å². The number of allylic oxidation sites excluding steroid dienone is 1. The van der Waals surface area contributed by atoms with E-state index in [9.17, 15) is 4.79 Å². The van der Waals surface area contributed by atoms with Crippen LogP contribution in [0.15, 0.2) is 43.0 Å². The number of aliphatic carboxylic acids is 1. The van der Waals surface area contributed by atoms with Crippen molar-refractivity contribution in [2.75, 3.05) is 0 Å². The van der Waals surface area contributed by atoms with E-state index in [0.717, 1.165) is 5.56 Å². The Morgan fingerprint density at radius 1 is 1.50 bits per heavy atom. The standard InChI is InChI=1S/C11H12O2.Li.H/c1-2-6-10(11(12)13)9-7-4-3-5-8-9;;/h2-5,7-8,10H,1,6H2,(H,12,13);;/q;+1;-1/t10-;;/m0../s1. The van der Waals surface area contributed by atoms with Gasteiger partial charge in [-0.1, -0.05) is 36.4 Å². The number of rotatable bonds is 4. The zero-order chi connectivity index (χ0) is 9.68. The van der Waals surface area contributed by atoms with Gasteiger partial charge in [-0.3, -0.25) is 4.79 Å². The average molecular weight is 184 g/mol. The van der Waals surface area contributed by atoms with Gasteiger partial charge >= 0.3 is 24.8 Å². The van der Waals surface area contributed by atoms with Crippen LogP contribution in [0.4, 0.5) is 0 Å². The Hall–Kier alpha value is -0.973. The topological polar surface area (TPSA) is 37.3 Å². The first-order valence-corrected chi connectivity index (χ1v) is 4.14. The quantitative estimate of drug-likeness (QED) is 0.508. The molecule has 1 N–H and O–H groups in total. The third-order valence-corrected chi connectivity index (χ3v) is 1.90. The maximum atomic E-state index is 10.8. The molecule has 0 saturated carbocycles. The monoisotopic (exact) mass is 184 g/mol. The first kappa shape index (κ1) is 13.0. The van der Waals surface area contributed by atoms with Crippen molar-refractivity contribution in [1.82, 2.24) is 0 Å². The predicted molar refractivity (Wildman–Crippen MR) is 52.7 cm³/mol. The zero-order valence-corrected chi connectivity index (χ0v) is 8.31. The summed E-state index contributed by atoms with van der Waals surface area (Å²) in [5.41, 5.74) is 0.829. The van der Waals surface area contributed by atoms with Gasteiger partial charge in [0.25, 0.3) is 0 Å². The summed E-state index contributed by atoms with van der Waals surface area (Å²) >= 11 is 0. The summed E-state index contributed by atoms with van der Waals surface area (Å²) in [5, 5.41) is 8.91. The van der Waals surface area contributed by atoms with E-state index in [-0.39, 0.29) is 20.3 Å². The molecule has 0 aromatic heterocycles. The fourth-order valence-electron chi connectivity index (χ4n) is 1.23. The minimum absolute atomic E-state index is 0. The Kier molecular flexibility index (Phi) is 6.03. The summed E-state index contributed by atoms with van der Waals surface area (Å²) in [7, 11) is 0. The smallest absolute Gasteiger partial charge is 1.00 e. The van der Waals surface area contributed by atoms with Crippen LogP contribution in [0, 0.1) is 0 Å². The Morgan fingerprint density at radius 2 is 2.07 bits per heavy atom. The van der Waals surface area contributed by atoms with Crippen LogP contribution < -0.4 is 18.9 Å². The third kappa shape index (κ3) is 3.41. The van der Waals surface area contributed by atoms with Gasteiger partial charge in [0.1, 0.15) is 0 Å². The normalized spacial score (nSPS) is 11.1. The van der Waals surface area contributed by atoms with E-state index in [1.165, 1.54) is 0 Å². The summed E-state index contributed by atoms with van der Waals surface area (Å²) < 4.78 is 0. The molecule has 1 aromatic rings. The van der Waals surface area contributed by atoms with Gasteiger partial charge in [0, 0.05) is 0 Å². The van der Waals surface area contributed by atoms with Gasteiger partial charge in [-0.15, -0.1) is 6.58 Å². The van der Waals surface area contributed by atoms with Crippen molar-refractivity contribution >= 4 is 5.97 Å². The van der Waals surface area contributed by atoms with Gasteiger partial charge in [0.05, 0.1) is 5.92 Å². The van der Waals surface area contributed by atoms with Crippen molar-refractivity contribution in [3.63, 3.8) is 0 Å². The first-order valence-electron chi connectivity index (χ1n) is 4.14. The maximum absolute atomic E-state index is 10.8. The Balaban J connectivity index is 0. The SMILES string of the molecule is C=CC[C@H](C(=O)O)c1ccccc1.[H-].[Li+]. The number of carbonyl (C=O) groups is 1. The van der Waals surface area contributed by atoms with Gasteiger partial charge in [-0.25, -0.2) is 0 Å². The van der Waals surface area contributed by atoms with Crippen molar-refractivity contribution < 1.29 is 30.2 Å². The number of hydrogen-bond donors (Lipinski definition) is 1. The molecular weight excluding hydrogens is 171 g/mol. The molecule has 3 heteroatoms. The van der Waals surface area contributed by atoms with Crippen LogP contribution >= 0.6 is 0 Å². The molecule has 0 fully saturated rings. The molecule has 2 nitrogen and oxygen atoms in total. The molecule has 0 bridgehead atoms. The molecule has 14 heavy (non-hydrogen) atoms. The summed E-state index contributed by atoms with van der Waals surface area (Å²) in [4.78, 5) is 10.8. The molecule has 0 heterocycles. The van der Waals surface area contributed by atoms with E-state index >= 15 is 0 Å². The molecule has 0 aliphatic rings. The van der Waals surface area contributed by atoms with Crippen molar-refractivity contribution in [3.8, 4) is 0 Å². The van der Waals surface area contributed by atoms with E-state index in [4.69, 9.17) is 5.11 Å². The first-order chi connectivity index (χ1) is 6.25. The van der Waals surface area contributed by atoms with Crippen LogP contribution in [0.3, 0.4) is 0 Å². The van der Waals surface area contributed by atoms with Gasteiger partial charge < -0.3 is 6.53 Å². The van der Waals surface area contributed by atoms with Crippen LogP contribution in [-0.2, 0) is 4.79 Å². The molecule has 1 rings (SSSR count). The fourth-order valence-corrected chi connectivity index (χ4v) is 1.23. The van der Waals surface area contributed by atoms with E-state index in [0.29, 0.717) is 6.42 Å². The minimum atomic E-state index is -0.800. The molecule has 0 saturated heterocycles. The van der Waals surface area contributed by atoms with E-state index in [1.54, 1.807) is 6.08 Å². The molecule has 0 spiro atoms. The number of benzene rings is 1. The Morgan fingerprint density at radius 3 is 2.50 bits per heavy atom. The molecular formula is C11H13LiO2. The van der Waals surface area contributed by atoms with Crippen LogP contribution in [0.25, 0.3) is 0 Å². The number of hydrogen-bond acceptors (Lipinski definition) is 1. The second kappa shape index (κ2) is 6.48. The average Bonchev–Trinajstić information content (AvgIpc) is 2.15. The molecule has 1 atom stereocenters. The summed E-state index contributed by atoms with van der Waals surface area (Å²) in [5.74, 6) is -1.26. The van der Waals surface area contributed by atoms with Crippen molar-refractivity contribution in [2.24, 2.45) is 0 Å².